The first-order chi connectivity index (χ1) is 5.49. The lowest BCUT2D eigenvalue weighted by Crippen LogP contribution is -2.35. The monoisotopic (exact) mass is 205 g/mol. The molecule has 0 bridgehead atoms. The van der Waals surface area contributed by atoms with E-state index in [2.05, 4.69) is 41.6 Å². The summed E-state index contributed by atoms with van der Waals surface area (Å²) in [5.41, 5.74) is 0.103. The minimum Gasteiger partial charge on any atom is -0.305 e. The molecule has 5 nitrogen and oxygen atoms in total. The van der Waals surface area contributed by atoms with Gasteiger partial charge in [-0.2, -0.15) is 0 Å². The Morgan fingerprint density at radius 2 is 2.00 bits per heavy atom. The zero-order chi connectivity index (χ0) is 9.19. The normalized spacial score (nSPS) is 11.1. The Morgan fingerprint density at radius 1 is 1.38 bits per heavy atom. The van der Waals surface area contributed by atoms with Crippen molar-refractivity contribution in [1.29, 1.82) is 0 Å². The number of hydrogen-bond donors (Lipinski definition) is 1. The number of aryl methyl sites for hydroxylation is 1. The van der Waals surface area contributed by atoms with Crippen molar-refractivity contribution in [2.24, 2.45) is 7.05 Å². The molecule has 0 unspecified atom stereocenters. The Labute approximate surface area is 84.3 Å². The van der Waals surface area contributed by atoms with E-state index in [1.807, 2.05) is 7.05 Å². The fraction of sp³-hybridized carbons (Fsp3) is 0.857. The Hall–Kier alpha value is -0.680. The molecule has 76 valence electrons. The average molecular weight is 206 g/mol. The summed E-state index contributed by atoms with van der Waals surface area (Å²) in [6.45, 7) is 7.03. The first-order valence-electron chi connectivity index (χ1n) is 3.95. The summed E-state index contributed by atoms with van der Waals surface area (Å²) in [4.78, 5) is 0. The van der Waals surface area contributed by atoms with Gasteiger partial charge < -0.3 is 5.32 Å². The maximum absolute atomic E-state index is 3.86. The largest absolute Gasteiger partial charge is 0.305 e. The number of hydrogen-bond acceptors (Lipinski definition) is 4. The molecule has 0 aromatic carbocycles. The van der Waals surface area contributed by atoms with Crippen molar-refractivity contribution in [3.05, 3.63) is 5.82 Å². The molecular weight excluding hydrogens is 190 g/mol. The van der Waals surface area contributed by atoms with Gasteiger partial charge in [-0.25, -0.2) is 4.68 Å². The van der Waals surface area contributed by atoms with Crippen LogP contribution >= 0.6 is 12.4 Å². The van der Waals surface area contributed by atoms with E-state index in [0.717, 1.165) is 5.82 Å². The molecule has 1 rings (SSSR count). The highest BCUT2D eigenvalue weighted by molar-refractivity contribution is 5.85. The third kappa shape index (κ3) is 4.19. The molecule has 0 radical (unpaired) electrons. The summed E-state index contributed by atoms with van der Waals surface area (Å²) in [5.74, 6) is 0.852. The van der Waals surface area contributed by atoms with Crippen molar-refractivity contribution >= 4 is 12.4 Å². The maximum atomic E-state index is 3.86. The zero-order valence-electron chi connectivity index (χ0n) is 8.40. The SMILES string of the molecule is Cl.Cn1nnnc1CNC(C)(C)C. The molecule has 1 heterocycles. The molecule has 1 aromatic heterocycles. The van der Waals surface area contributed by atoms with Crippen LogP contribution in [0.5, 0.6) is 0 Å². The van der Waals surface area contributed by atoms with E-state index in [4.69, 9.17) is 0 Å². The summed E-state index contributed by atoms with van der Waals surface area (Å²) in [7, 11) is 1.83. The maximum Gasteiger partial charge on any atom is 0.164 e. The zero-order valence-corrected chi connectivity index (χ0v) is 9.22. The van der Waals surface area contributed by atoms with Gasteiger partial charge in [0.1, 0.15) is 0 Å². The highest BCUT2D eigenvalue weighted by Gasteiger charge is 2.10. The van der Waals surface area contributed by atoms with Gasteiger partial charge in [-0.05, 0) is 31.2 Å². The standard InChI is InChI=1S/C7H15N5.ClH/c1-7(2,3)8-5-6-9-10-11-12(6)4;/h8H,5H2,1-4H3;1H. The second-order valence-electron chi connectivity index (χ2n) is 3.82. The lowest BCUT2D eigenvalue weighted by Gasteiger charge is -2.19. The van der Waals surface area contributed by atoms with Crippen molar-refractivity contribution in [2.45, 2.75) is 32.9 Å². The van der Waals surface area contributed by atoms with Gasteiger partial charge in [-0.3, -0.25) is 0 Å². The van der Waals surface area contributed by atoms with E-state index >= 15 is 0 Å². The minimum atomic E-state index is 0. The quantitative estimate of drug-likeness (QED) is 0.765. The van der Waals surface area contributed by atoms with Crippen LogP contribution in [0, 0.1) is 0 Å². The predicted octanol–water partition coefficient (Wildman–Crippen LogP) is 0.520. The van der Waals surface area contributed by atoms with Crippen LogP contribution in [-0.4, -0.2) is 25.7 Å². The molecule has 13 heavy (non-hydrogen) atoms. The molecule has 6 heteroatoms. The van der Waals surface area contributed by atoms with Gasteiger partial charge in [-0.1, -0.05) is 0 Å². The second-order valence-corrected chi connectivity index (χ2v) is 3.82. The summed E-state index contributed by atoms with van der Waals surface area (Å²) >= 11 is 0. The van der Waals surface area contributed by atoms with Gasteiger partial charge in [0.2, 0.25) is 0 Å². The third-order valence-electron chi connectivity index (χ3n) is 1.48. The Kier molecular flexibility index (Phi) is 4.29. The lowest BCUT2D eigenvalue weighted by molar-refractivity contribution is 0.412. The van der Waals surface area contributed by atoms with Gasteiger partial charge >= 0.3 is 0 Å². The fourth-order valence-electron chi connectivity index (χ4n) is 0.742. The van der Waals surface area contributed by atoms with E-state index < -0.39 is 0 Å². The number of aromatic nitrogens is 4. The van der Waals surface area contributed by atoms with Crippen molar-refractivity contribution in [1.82, 2.24) is 25.5 Å². The first kappa shape index (κ1) is 12.3. The summed E-state index contributed by atoms with van der Waals surface area (Å²) in [6, 6.07) is 0. The van der Waals surface area contributed by atoms with E-state index in [9.17, 15) is 0 Å². The fourth-order valence-corrected chi connectivity index (χ4v) is 0.742. The number of rotatable bonds is 2. The molecule has 1 aromatic rings. The lowest BCUT2D eigenvalue weighted by atomic mass is 10.1. The molecule has 0 spiro atoms. The Morgan fingerprint density at radius 3 is 2.38 bits per heavy atom. The minimum absolute atomic E-state index is 0. The van der Waals surface area contributed by atoms with Gasteiger partial charge in [0.05, 0.1) is 6.54 Å². The molecule has 0 atom stereocenters. The van der Waals surface area contributed by atoms with Crippen molar-refractivity contribution < 1.29 is 0 Å². The van der Waals surface area contributed by atoms with Gasteiger partial charge in [0.15, 0.2) is 5.82 Å². The second kappa shape index (κ2) is 4.53. The van der Waals surface area contributed by atoms with E-state index in [0.29, 0.717) is 6.54 Å². The molecule has 0 aliphatic carbocycles. The van der Waals surface area contributed by atoms with Crippen LogP contribution in [0.3, 0.4) is 0 Å². The molecule has 0 aliphatic heterocycles. The van der Waals surface area contributed by atoms with Crippen LogP contribution < -0.4 is 5.32 Å². The molecule has 1 N–H and O–H groups in total. The van der Waals surface area contributed by atoms with Crippen LogP contribution in [0.1, 0.15) is 26.6 Å². The number of nitrogens with zero attached hydrogens (tertiary/aromatic N) is 4. The van der Waals surface area contributed by atoms with Crippen LogP contribution in [-0.2, 0) is 13.6 Å². The summed E-state index contributed by atoms with van der Waals surface area (Å²) in [6.07, 6.45) is 0. The molecule has 0 fully saturated rings. The summed E-state index contributed by atoms with van der Waals surface area (Å²) in [5, 5.41) is 14.4. The smallest absolute Gasteiger partial charge is 0.164 e. The van der Waals surface area contributed by atoms with Gasteiger partial charge in [0, 0.05) is 12.6 Å². The van der Waals surface area contributed by atoms with Crippen LogP contribution in [0.15, 0.2) is 0 Å². The highest BCUT2D eigenvalue weighted by Crippen LogP contribution is 2.00. The van der Waals surface area contributed by atoms with Crippen LogP contribution in [0.2, 0.25) is 0 Å². The van der Waals surface area contributed by atoms with Crippen molar-refractivity contribution in [3.8, 4) is 0 Å². The average Bonchev–Trinajstić information content (AvgIpc) is 2.29. The van der Waals surface area contributed by atoms with E-state index in [1.54, 1.807) is 4.68 Å². The molecular formula is C7H16ClN5. The van der Waals surface area contributed by atoms with Gasteiger partial charge in [-0.15, -0.1) is 17.5 Å². The molecule has 0 amide bonds. The first-order valence-corrected chi connectivity index (χ1v) is 3.95. The topological polar surface area (TPSA) is 55.6 Å². The van der Waals surface area contributed by atoms with Crippen molar-refractivity contribution in [3.63, 3.8) is 0 Å². The van der Waals surface area contributed by atoms with E-state index in [1.165, 1.54) is 0 Å². The van der Waals surface area contributed by atoms with Gasteiger partial charge in [0.25, 0.3) is 0 Å². The molecule has 0 saturated heterocycles. The van der Waals surface area contributed by atoms with Crippen LogP contribution in [0.4, 0.5) is 0 Å². The van der Waals surface area contributed by atoms with Crippen molar-refractivity contribution in [2.75, 3.05) is 0 Å². The third-order valence-corrected chi connectivity index (χ3v) is 1.48. The van der Waals surface area contributed by atoms with Crippen LogP contribution in [0.25, 0.3) is 0 Å². The predicted molar refractivity (Wildman–Crippen MR) is 52.6 cm³/mol. The molecule has 0 saturated carbocycles. The van der Waals surface area contributed by atoms with E-state index in [-0.39, 0.29) is 17.9 Å². The number of nitrogens with one attached hydrogen (secondary N) is 1. The summed E-state index contributed by atoms with van der Waals surface area (Å²) < 4.78 is 1.67. The number of tetrazole rings is 1. The Bertz CT molecular complexity index is 252. The highest BCUT2D eigenvalue weighted by atomic mass is 35.5. The number of halogens is 1. The molecule has 0 aliphatic rings. The Balaban J connectivity index is 0.00000144.